The molecule has 0 atom stereocenters. The molecule has 3 aromatic rings. The Morgan fingerprint density at radius 2 is 1.56 bits per heavy atom. The van der Waals surface area contributed by atoms with E-state index in [9.17, 15) is 26.4 Å². The van der Waals surface area contributed by atoms with Crippen LogP contribution in [0.25, 0.3) is 0 Å². The van der Waals surface area contributed by atoms with Gasteiger partial charge in [0.05, 0.1) is 10.5 Å². The molecule has 5 nitrogen and oxygen atoms in total. The second-order valence-corrected chi connectivity index (χ2v) is 8.92. The summed E-state index contributed by atoms with van der Waals surface area (Å²) < 4.78 is 65.6. The molecule has 9 heteroatoms. The summed E-state index contributed by atoms with van der Waals surface area (Å²) >= 11 is 0. The number of sulfonamides is 1. The number of hydrogen-bond acceptors (Lipinski definition) is 3. The van der Waals surface area contributed by atoms with E-state index >= 15 is 0 Å². The molecule has 0 aliphatic carbocycles. The highest BCUT2D eigenvalue weighted by Crippen LogP contribution is 2.31. The number of rotatable bonds is 7. The van der Waals surface area contributed by atoms with Crippen molar-refractivity contribution in [1.29, 1.82) is 0 Å². The maximum Gasteiger partial charge on any atom is 0.416 e. The molecule has 3 aromatic carbocycles. The van der Waals surface area contributed by atoms with E-state index in [0.29, 0.717) is 12.1 Å². The summed E-state index contributed by atoms with van der Waals surface area (Å²) in [5.41, 5.74) is 1.43. The predicted molar refractivity (Wildman–Crippen MR) is 117 cm³/mol. The number of aryl methyl sites for hydroxylation is 2. The second kappa shape index (κ2) is 9.44. The van der Waals surface area contributed by atoms with E-state index in [0.717, 1.165) is 29.3 Å². The van der Waals surface area contributed by atoms with Crippen molar-refractivity contribution in [2.24, 2.45) is 0 Å². The lowest BCUT2D eigenvalue weighted by Gasteiger charge is -2.12. The zero-order chi connectivity index (χ0) is 23.4. The van der Waals surface area contributed by atoms with Crippen molar-refractivity contribution in [3.8, 4) is 0 Å². The van der Waals surface area contributed by atoms with Gasteiger partial charge < -0.3 is 5.32 Å². The second-order valence-electron chi connectivity index (χ2n) is 7.24. The Morgan fingerprint density at radius 1 is 0.906 bits per heavy atom. The van der Waals surface area contributed by atoms with Gasteiger partial charge in [0.25, 0.3) is 10.0 Å². The van der Waals surface area contributed by atoms with Crippen LogP contribution in [-0.4, -0.2) is 14.3 Å². The van der Waals surface area contributed by atoms with Crippen molar-refractivity contribution < 1.29 is 26.4 Å². The van der Waals surface area contributed by atoms with Gasteiger partial charge in [-0.3, -0.25) is 9.52 Å². The molecule has 0 spiro atoms. The van der Waals surface area contributed by atoms with Crippen molar-refractivity contribution >= 4 is 27.3 Å². The molecule has 0 saturated carbocycles. The minimum Gasteiger partial charge on any atom is -0.326 e. The summed E-state index contributed by atoms with van der Waals surface area (Å²) in [6.07, 6.45) is -3.75. The zero-order valence-electron chi connectivity index (χ0n) is 17.1. The lowest BCUT2D eigenvalue weighted by atomic mass is 10.1. The van der Waals surface area contributed by atoms with Crippen LogP contribution in [0.15, 0.2) is 77.7 Å². The summed E-state index contributed by atoms with van der Waals surface area (Å²) in [5.74, 6) is -0.219. The van der Waals surface area contributed by atoms with E-state index < -0.39 is 21.8 Å². The molecule has 32 heavy (non-hydrogen) atoms. The van der Waals surface area contributed by atoms with Gasteiger partial charge in [-0.1, -0.05) is 35.9 Å². The summed E-state index contributed by atoms with van der Waals surface area (Å²) in [6, 6.07) is 17.2. The number of nitrogens with one attached hydrogen (secondary N) is 2. The zero-order valence-corrected chi connectivity index (χ0v) is 17.9. The molecule has 0 bridgehead atoms. The van der Waals surface area contributed by atoms with Crippen LogP contribution in [0.1, 0.15) is 23.1 Å². The van der Waals surface area contributed by atoms with Crippen molar-refractivity contribution in [1.82, 2.24) is 0 Å². The largest absolute Gasteiger partial charge is 0.416 e. The number of alkyl halides is 3. The van der Waals surface area contributed by atoms with E-state index in [1.807, 2.05) is 31.2 Å². The molecule has 0 heterocycles. The van der Waals surface area contributed by atoms with Gasteiger partial charge in [0.1, 0.15) is 0 Å². The highest BCUT2D eigenvalue weighted by molar-refractivity contribution is 7.92. The average Bonchev–Trinajstić information content (AvgIpc) is 2.73. The number of halogens is 3. The smallest absolute Gasteiger partial charge is 0.326 e. The monoisotopic (exact) mass is 462 g/mol. The quantitative estimate of drug-likeness (QED) is 0.495. The SMILES string of the molecule is Cc1ccc(CCC(=O)Nc2ccc(S(=O)(=O)Nc3cccc(C(F)(F)F)c3)cc2)cc1. The van der Waals surface area contributed by atoms with Crippen LogP contribution in [0.2, 0.25) is 0 Å². The number of amides is 1. The fraction of sp³-hybridized carbons (Fsp3) is 0.174. The molecule has 0 saturated heterocycles. The molecule has 0 radical (unpaired) electrons. The average molecular weight is 462 g/mol. The Morgan fingerprint density at radius 3 is 2.19 bits per heavy atom. The summed E-state index contributed by atoms with van der Waals surface area (Å²) in [5, 5.41) is 2.70. The third-order valence-electron chi connectivity index (χ3n) is 4.65. The molecule has 2 N–H and O–H groups in total. The van der Waals surface area contributed by atoms with Gasteiger partial charge in [0.15, 0.2) is 0 Å². The Bertz CT molecular complexity index is 1190. The van der Waals surface area contributed by atoms with E-state index in [-0.39, 0.29) is 22.9 Å². The fourth-order valence-electron chi connectivity index (χ4n) is 2.93. The molecular formula is C23H21F3N2O3S. The van der Waals surface area contributed by atoms with Crippen LogP contribution in [0.4, 0.5) is 24.5 Å². The molecule has 1 amide bonds. The highest BCUT2D eigenvalue weighted by Gasteiger charge is 2.30. The maximum atomic E-state index is 12.8. The van der Waals surface area contributed by atoms with E-state index in [4.69, 9.17) is 0 Å². The van der Waals surface area contributed by atoms with Gasteiger partial charge in [-0.05, 0) is 61.4 Å². The Kier molecular flexibility index (Phi) is 6.88. The molecule has 3 rings (SSSR count). The summed E-state index contributed by atoms with van der Waals surface area (Å²) in [4.78, 5) is 12.0. The number of carbonyl (C=O) groups is 1. The van der Waals surface area contributed by atoms with E-state index in [1.54, 1.807) is 0 Å². The van der Waals surface area contributed by atoms with Gasteiger partial charge in [0, 0.05) is 17.8 Å². The van der Waals surface area contributed by atoms with Crippen LogP contribution in [0, 0.1) is 6.92 Å². The first-order valence-electron chi connectivity index (χ1n) is 9.68. The van der Waals surface area contributed by atoms with Crippen LogP contribution >= 0.6 is 0 Å². The minimum absolute atomic E-state index is 0.146. The van der Waals surface area contributed by atoms with Crippen LogP contribution < -0.4 is 10.0 Å². The Balaban J connectivity index is 1.61. The predicted octanol–water partition coefficient (Wildman–Crippen LogP) is 5.39. The van der Waals surface area contributed by atoms with Crippen LogP contribution in [-0.2, 0) is 27.4 Å². The molecule has 0 unspecified atom stereocenters. The molecule has 168 valence electrons. The highest BCUT2D eigenvalue weighted by atomic mass is 32.2. The minimum atomic E-state index is -4.58. The maximum absolute atomic E-state index is 12.8. The van der Waals surface area contributed by atoms with Crippen LogP contribution in [0.5, 0.6) is 0 Å². The van der Waals surface area contributed by atoms with Gasteiger partial charge in [-0.15, -0.1) is 0 Å². The molecule has 0 aliphatic rings. The molecular weight excluding hydrogens is 441 g/mol. The van der Waals surface area contributed by atoms with Crippen molar-refractivity contribution in [3.63, 3.8) is 0 Å². The fourth-order valence-corrected chi connectivity index (χ4v) is 3.98. The summed E-state index contributed by atoms with van der Waals surface area (Å²) in [6.45, 7) is 1.98. The molecule has 0 fully saturated rings. The Hall–Kier alpha value is -3.33. The summed E-state index contributed by atoms with van der Waals surface area (Å²) in [7, 11) is -4.10. The number of carbonyl (C=O) groups excluding carboxylic acids is 1. The Labute approximate surface area is 184 Å². The van der Waals surface area contributed by atoms with Gasteiger partial charge >= 0.3 is 6.18 Å². The number of benzene rings is 3. The first kappa shape index (κ1) is 23.3. The molecule has 0 aliphatic heterocycles. The topological polar surface area (TPSA) is 75.3 Å². The first-order chi connectivity index (χ1) is 15.0. The van der Waals surface area contributed by atoms with Gasteiger partial charge in [0.2, 0.25) is 5.91 Å². The van der Waals surface area contributed by atoms with Crippen LogP contribution in [0.3, 0.4) is 0 Å². The standard InChI is InChI=1S/C23H21F3N2O3S/c1-16-5-7-17(8-6-16)9-14-22(29)27-19-10-12-21(13-11-19)32(30,31)28-20-4-2-3-18(15-20)23(24,25)26/h2-8,10-13,15,28H,9,14H2,1H3,(H,27,29). The third-order valence-corrected chi connectivity index (χ3v) is 6.05. The number of hydrogen-bond donors (Lipinski definition) is 2. The lowest BCUT2D eigenvalue weighted by Crippen LogP contribution is -2.15. The van der Waals surface area contributed by atoms with Crippen molar-refractivity contribution in [2.45, 2.75) is 30.8 Å². The van der Waals surface area contributed by atoms with E-state index in [2.05, 4.69) is 10.0 Å². The number of anilines is 2. The van der Waals surface area contributed by atoms with Gasteiger partial charge in [-0.2, -0.15) is 13.2 Å². The van der Waals surface area contributed by atoms with E-state index in [1.165, 1.54) is 30.3 Å². The molecule has 0 aromatic heterocycles. The van der Waals surface area contributed by atoms with Crippen molar-refractivity contribution in [3.05, 3.63) is 89.5 Å². The van der Waals surface area contributed by atoms with Crippen molar-refractivity contribution in [2.75, 3.05) is 10.0 Å². The first-order valence-corrected chi connectivity index (χ1v) is 11.2. The normalized spacial score (nSPS) is 11.8. The third kappa shape index (κ3) is 6.34. The van der Waals surface area contributed by atoms with Gasteiger partial charge in [-0.25, -0.2) is 8.42 Å². The lowest BCUT2D eigenvalue weighted by molar-refractivity contribution is -0.137.